The standard InChI is InChI=1S/C16H23N3O3/c1-22-14-5-3-9-19(13(14)6-7-15(17)20)16(21)10-12-4-2-8-18-11-12/h2,4,8,11,13-14H,3,5-7,9-10H2,1H3,(H2,17,20)/t13-,14-/m0/s1. The molecule has 0 aliphatic carbocycles. The molecule has 0 radical (unpaired) electrons. The van der Waals surface area contributed by atoms with E-state index in [0.717, 1.165) is 18.4 Å². The zero-order chi connectivity index (χ0) is 15.9. The zero-order valence-corrected chi connectivity index (χ0v) is 12.9. The van der Waals surface area contributed by atoms with E-state index in [0.29, 0.717) is 19.4 Å². The number of pyridine rings is 1. The van der Waals surface area contributed by atoms with E-state index in [1.165, 1.54) is 0 Å². The third kappa shape index (κ3) is 4.27. The maximum Gasteiger partial charge on any atom is 0.227 e. The van der Waals surface area contributed by atoms with Crippen molar-refractivity contribution in [3.05, 3.63) is 30.1 Å². The number of nitrogens with zero attached hydrogens (tertiary/aromatic N) is 2. The van der Waals surface area contributed by atoms with Crippen molar-refractivity contribution in [2.24, 2.45) is 5.73 Å². The van der Waals surface area contributed by atoms with Gasteiger partial charge in [0, 0.05) is 32.5 Å². The summed E-state index contributed by atoms with van der Waals surface area (Å²) in [7, 11) is 1.65. The highest BCUT2D eigenvalue weighted by Gasteiger charge is 2.34. The Morgan fingerprint density at radius 2 is 2.32 bits per heavy atom. The first-order chi connectivity index (χ1) is 10.6. The van der Waals surface area contributed by atoms with Gasteiger partial charge in [-0.25, -0.2) is 0 Å². The van der Waals surface area contributed by atoms with Crippen molar-refractivity contribution < 1.29 is 14.3 Å². The highest BCUT2D eigenvalue weighted by molar-refractivity contribution is 5.79. The van der Waals surface area contributed by atoms with Crippen LogP contribution in [0.1, 0.15) is 31.2 Å². The molecular weight excluding hydrogens is 282 g/mol. The number of ether oxygens (including phenoxy) is 1. The Hall–Kier alpha value is -1.95. The summed E-state index contributed by atoms with van der Waals surface area (Å²) < 4.78 is 5.51. The fraction of sp³-hybridized carbons (Fsp3) is 0.562. The van der Waals surface area contributed by atoms with Gasteiger partial charge in [-0.1, -0.05) is 6.07 Å². The molecule has 6 nitrogen and oxygen atoms in total. The molecule has 2 atom stereocenters. The van der Waals surface area contributed by atoms with Gasteiger partial charge in [0.05, 0.1) is 18.6 Å². The third-order valence-electron chi connectivity index (χ3n) is 4.10. The van der Waals surface area contributed by atoms with Gasteiger partial charge in [-0.15, -0.1) is 0 Å². The van der Waals surface area contributed by atoms with Gasteiger partial charge >= 0.3 is 0 Å². The number of piperidine rings is 1. The van der Waals surface area contributed by atoms with E-state index in [2.05, 4.69) is 4.98 Å². The van der Waals surface area contributed by atoms with Crippen LogP contribution in [0.4, 0.5) is 0 Å². The number of likely N-dealkylation sites (tertiary alicyclic amines) is 1. The molecule has 2 rings (SSSR count). The van der Waals surface area contributed by atoms with Crippen LogP contribution in [0.25, 0.3) is 0 Å². The molecule has 1 fully saturated rings. The lowest BCUT2D eigenvalue weighted by atomic mass is 9.94. The van der Waals surface area contributed by atoms with Crippen molar-refractivity contribution in [2.75, 3.05) is 13.7 Å². The molecule has 2 N–H and O–H groups in total. The van der Waals surface area contributed by atoms with E-state index in [1.807, 2.05) is 17.0 Å². The van der Waals surface area contributed by atoms with E-state index in [4.69, 9.17) is 10.5 Å². The minimum Gasteiger partial charge on any atom is -0.379 e. The van der Waals surface area contributed by atoms with E-state index in [-0.39, 0.29) is 30.4 Å². The number of aromatic nitrogens is 1. The van der Waals surface area contributed by atoms with E-state index in [1.54, 1.807) is 19.5 Å². The maximum absolute atomic E-state index is 12.6. The second-order valence-corrected chi connectivity index (χ2v) is 5.61. The molecule has 1 aliphatic rings. The number of methoxy groups -OCH3 is 1. The van der Waals surface area contributed by atoms with Crippen molar-refractivity contribution in [1.29, 1.82) is 0 Å². The lowest BCUT2D eigenvalue weighted by Gasteiger charge is -2.40. The summed E-state index contributed by atoms with van der Waals surface area (Å²) in [5.74, 6) is -0.302. The Bertz CT molecular complexity index is 507. The molecule has 0 unspecified atom stereocenters. The number of amides is 2. The number of primary amides is 1. The molecule has 6 heteroatoms. The Balaban J connectivity index is 2.06. The van der Waals surface area contributed by atoms with Crippen LogP contribution in [-0.2, 0) is 20.7 Å². The summed E-state index contributed by atoms with van der Waals surface area (Å²) in [5.41, 5.74) is 6.14. The molecule has 0 spiro atoms. The van der Waals surface area contributed by atoms with Crippen molar-refractivity contribution in [3.63, 3.8) is 0 Å². The average molecular weight is 305 g/mol. The first-order valence-electron chi connectivity index (χ1n) is 7.61. The predicted molar refractivity (Wildman–Crippen MR) is 81.9 cm³/mol. The number of rotatable bonds is 6. The maximum atomic E-state index is 12.6. The molecular formula is C16H23N3O3. The second kappa shape index (κ2) is 7.89. The van der Waals surface area contributed by atoms with Gasteiger partial charge in [-0.3, -0.25) is 14.6 Å². The van der Waals surface area contributed by atoms with Crippen LogP contribution in [-0.4, -0.2) is 47.5 Å². The molecule has 2 heterocycles. The Morgan fingerprint density at radius 1 is 1.50 bits per heavy atom. The molecule has 0 aromatic carbocycles. The van der Waals surface area contributed by atoms with Crippen LogP contribution in [0.15, 0.2) is 24.5 Å². The van der Waals surface area contributed by atoms with Crippen molar-refractivity contribution in [2.45, 2.75) is 44.2 Å². The van der Waals surface area contributed by atoms with Crippen molar-refractivity contribution >= 4 is 11.8 Å². The molecule has 22 heavy (non-hydrogen) atoms. The number of hydrogen-bond donors (Lipinski definition) is 1. The lowest BCUT2D eigenvalue weighted by Crippen LogP contribution is -2.52. The Labute approximate surface area is 130 Å². The average Bonchev–Trinajstić information content (AvgIpc) is 2.53. The van der Waals surface area contributed by atoms with Crippen LogP contribution in [0.2, 0.25) is 0 Å². The molecule has 1 aliphatic heterocycles. The summed E-state index contributed by atoms with van der Waals surface area (Å²) in [6.07, 6.45) is 6.29. The Kier molecular flexibility index (Phi) is 5.89. The SMILES string of the molecule is CO[C@H]1CCCN(C(=O)Cc2cccnc2)[C@H]1CCC(N)=O. The topological polar surface area (TPSA) is 85.5 Å². The van der Waals surface area contributed by atoms with Crippen molar-refractivity contribution in [3.8, 4) is 0 Å². The predicted octanol–water partition coefficient (Wildman–Crippen LogP) is 0.896. The first kappa shape index (κ1) is 16.4. The smallest absolute Gasteiger partial charge is 0.227 e. The van der Waals surface area contributed by atoms with Gasteiger partial charge in [-0.2, -0.15) is 0 Å². The number of carbonyl (C=O) groups is 2. The second-order valence-electron chi connectivity index (χ2n) is 5.61. The molecule has 2 amide bonds. The molecule has 0 bridgehead atoms. The Morgan fingerprint density at radius 3 is 2.95 bits per heavy atom. The van der Waals surface area contributed by atoms with Gasteiger partial charge < -0.3 is 15.4 Å². The summed E-state index contributed by atoms with van der Waals surface area (Å²) in [6, 6.07) is 3.62. The summed E-state index contributed by atoms with van der Waals surface area (Å²) in [4.78, 5) is 29.6. The highest BCUT2D eigenvalue weighted by atomic mass is 16.5. The number of hydrogen-bond acceptors (Lipinski definition) is 4. The van der Waals surface area contributed by atoms with Crippen LogP contribution in [0, 0.1) is 0 Å². The summed E-state index contributed by atoms with van der Waals surface area (Å²) in [5, 5.41) is 0. The van der Waals surface area contributed by atoms with Gasteiger partial charge in [0.2, 0.25) is 11.8 Å². The minimum atomic E-state index is -0.347. The van der Waals surface area contributed by atoms with Crippen LogP contribution >= 0.6 is 0 Å². The molecule has 1 aromatic heterocycles. The largest absolute Gasteiger partial charge is 0.379 e. The lowest BCUT2D eigenvalue weighted by molar-refractivity contribution is -0.140. The van der Waals surface area contributed by atoms with Gasteiger partial charge in [0.15, 0.2) is 0 Å². The minimum absolute atomic E-state index is 0.0362. The van der Waals surface area contributed by atoms with Gasteiger partial charge in [0.25, 0.3) is 0 Å². The zero-order valence-electron chi connectivity index (χ0n) is 12.9. The van der Waals surface area contributed by atoms with E-state index in [9.17, 15) is 9.59 Å². The summed E-state index contributed by atoms with van der Waals surface area (Å²) >= 11 is 0. The first-order valence-corrected chi connectivity index (χ1v) is 7.61. The van der Waals surface area contributed by atoms with Gasteiger partial charge in [-0.05, 0) is 30.9 Å². The van der Waals surface area contributed by atoms with Crippen LogP contribution in [0.5, 0.6) is 0 Å². The fourth-order valence-electron chi connectivity index (χ4n) is 3.02. The number of nitrogens with two attached hydrogens (primary N) is 1. The summed E-state index contributed by atoms with van der Waals surface area (Å²) in [6.45, 7) is 0.697. The van der Waals surface area contributed by atoms with Crippen molar-refractivity contribution in [1.82, 2.24) is 9.88 Å². The molecule has 0 saturated carbocycles. The van der Waals surface area contributed by atoms with Crippen LogP contribution in [0.3, 0.4) is 0 Å². The molecule has 1 saturated heterocycles. The quantitative estimate of drug-likeness (QED) is 0.846. The normalized spacial score (nSPS) is 21.6. The number of carbonyl (C=O) groups excluding carboxylic acids is 2. The van der Waals surface area contributed by atoms with Gasteiger partial charge in [0.1, 0.15) is 0 Å². The van der Waals surface area contributed by atoms with E-state index >= 15 is 0 Å². The monoisotopic (exact) mass is 305 g/mol. The van der Waals surface area contributed by atoms with E-state index < -0.39 is 0 Å². The fourth-order valence-corrected chi connectivity index (χ4v) is 3.02. The van der Waals surface area contributed by atoms with Crippen LogP contribution < -0.4 is 5.73 Å². The third-order valence-corrected chi connectivity index (χ3v) is 4.10. The highest BCUT2D eigenvalue weighted by Crippen LogP contribution is 2.24. The molecule has 120 valence electrons. The molecule has 1 aromatic rings.